The summed E-state index contributed by atoms with van der Waals surface area (Å²) in [5, 5.41) is 21.5. The van der Waals surface area contributed by atoms with Crippen LogP contribution in [0.1, 0.15) is 40.0 Å². The van der Waals surface area contributed by atoms with E-state index < -0.39 is 75.7 Å². The van der Waals surface area contributed by atoms with Crippen molar-refractivity contribution in [3.63, 3.8) is 0 Å². The number of carbonyl (C=O) groups excluding carboxylic acids is 3. The minimum absolute atomic E-state index is 0.00646. The molecular weight excluding hydrogens is 446 g/mol. The van der Waals surface area contributed by atoms with Crippen molar-refractivity contribution in [3.05, 3.63) is 23.8 Å². The standard InChI is InChI=1S/C23H27ClF2O6/c1-11(27)32-10-19(30)23(31)17(24)8-13-14-7-16(25)15-6-12(28)4-5-20(15,2)22(14,26)18(29)9-21(13,23)3/h4-6,13-14,16-18,29,31H,7-10H2,1-3H3/t13?,14?,16-,17+,18-,20-,21-,22-,23-/m0/s1. The first-order chi connectivity index (χ1) is 14.7. The molecule has 4 aliphatic carbocycles. The Hall–Kier alpha value is -1.64. The van der Waals surface area contributed by atoms with Crippen molar-refractivity contribution in [1.82, 2.24) is 0 Å². The Bertz CT molecular complexity index is 951. The number of esters is 1. The highest BCUT2D eigenvalue weighted by molar-refractivity contribution is 6.24. The fourth-order valence-corrected chi connectivity index (χ4v) is 7.51. The molecule has 3 fully saturated rings. The van der Waals surface area contributed by atoms with Crippen molar-refractivity contribution in [2.45, 2.75) is 69.0 Å². The van der Waals surface area contributed by atoms with Gasteiger partial charge in [-0.3, -0.25) is 14.4 Å². The lowest BCUT2D eigenvalue weighted by Gasteiger charge is -2.62. The van der Waals surface area contributed by atoms with E-state index in [9.17, 15) is 24.6 Å². The smallest absolute Gasteiger partial charge is 0.303 e. The molecule has 3 saturated carbocycles. The van der Waals surface area contributed by atoms with E-state index in [1.165, 1.54) is 19.1 Å². The van der Waals surface area contributed by atoms with E-state index in [0.29, 0.717) is 0 Å². The summed E-state index contributed by atoms with van der Waals surface area (Å²) in [7, 11) is 0. The molecule has 0 aromatic rings. The molecule has 9 heteroatoms. The summed E-state index contributed by atoms with van der Waals surface area (Å²) in [6, 6.07) is 0. The van der Waals surface area contributed by atoms with Crippen molar-refractivity contribution in [2.24, 2.45) is 22.7 Å². The van der Waals surface area contributed by atoms with Gasteiger partial charge in [-0.25, -0.2) is 8.78 Å². The molecule has 4 rings (SSSR count). The molecule has 176 valence electrons. The molecule has 32 heavy (non-hydrogen) atoms. The number of rotatable bonds is 3. The Morgan fingerprint density at radius 2 is 1.94 bits per heavy atom. The molecule has 0 aromatic carbocycles. The SMILES string of the molecule is CC(=O)OCC(=O)[C@@]1(O)[C@H](Cl)CC2C3C[C@H](F)C4=CC(=O)C=C[C@]4(C)[C@@]3(F)[C@@H](O)C[C@@]21C. The van der Waals surface area contributed by atoms with Gasteiger partial charge in [0, 0.05) is 23.7 Å². The van der Waals surface area contributed by atoms with Gasteiger partial charge in [-0.1, -0.05) is 13.0 Å². The molecule has 2 N–H and O–H groups in total. The zero-order valence-corrected chi connectivity index (χ0v) is 18.9. The van der Waals surface area contributed by atoms with E-state index in [0.717, 1.165) is 13.0 Å². The van der Waals surface area contributed by atoms with Crippen LogP contribution in [-0.4, -0.2) is 63.3 Å². The molecule has 0 heterocycles. The van der Waals surface area contributed by atoms with E-state index in [4.69, 9.17) is 16.3 Å². The van der Waals surface area contributed by atoms with Crippen LogP contribution in [0.2, 0.25) is 0 Å². The number of aliphatic hydroxyl groups excluding tert-OH is 1. The number of fused-ring (bicyclic) bond motifs is 5. The summed E-state index contributed by atoms with van der Waals surface area (Å²) in [5.74, 6) is -3.78. The zero-order chi connectivity index (χ0) is 23.9. The minimum Gasteiger partial charge on any atom is -0.458 e. The fourth-order valence-electron chi connectivity index (χ4n) is 6.95. The number of hydrogen-bond donors (Lipinski definition) is 2. The molecule has 0 bridgehead atoms. The number of Topliss-reactive ketones (excluding diaryl/α,β-unsaturated/α-hetero) is 1. The Morgan fingerprint density at radius 1 is 1.28 bits per heavy atom. The average Bonchev–Trinajstić information content (AvgIpc) is 2.91. The van der Waals surface area contributed by atoms with Gasteiger partial charge in [0.05, 0.1) is 11.5 Å². The van der Waals surface area contributed by atoms with Gasteiger partial charge < -0.3 is 14.9 Å². The molecule has 0 aliphatic heterocycles. The molecule has 0 amide bonds. The molecule has 0 radical (unpaired) electrons. The van der Waals surface area contributed by atoms with Gasteiger partial charge in [-0.05, 0) is 49.8 Å². The van der Waals surface area contributed by atoms with Crippen LogP contribution in [0.3, 0.4) is 0 Å². The van der Waals surface area contributed by atoms with Crippen molar-refractivity contribution < 1.29 is 38.1 Å². The zero-order valence-electron chi connectivity index (χ0n) is 18.1. The van der Waals surface area contributed by atoms with Gasteiger partial charge in [0.2, 0.25) is 5.78 Å². The van der Waals surface area contributed by atoms with Gasteiger partial charge in [0.25, 0.3) is 0 Å². The second kappa shape index (κ2) is 7.18. The van der Waals surface area contributed by atoms with E-state index in [2.05, 4.69) is 0 Å². The molecule has 4 aliphatic rings. The largest absolute Gasteiger partial charge is 0.458 e. The number of aliphatic hydroxyl groups is 2. The van der Waals surface area contributed by atoms with Crippen molar-refractivity contribution in [1.29, 1.82) is 0 Å². The number of allylic oxidation sites excluding steroid dienone is 4. The molecule has 0 saturated heterocycles. The third kappa shape index (κ3) is 2.72. The van der Waals surface area contributed by atoms with Gasteiger partial charge in [0.15, 0.2) is 18.1 Å². The third-order valence-electron chi connectivity index (χ3n) is 8.64. The van der Waals surface area contributed by atoms with Gasteiger partial charge >= 0.3 is 5.97 Å². The Kier molecular flexibility index (Phi) is 5.27. The molecular formula is C23H27ClF2O6. The summed E-state index contributed by atoms with van der Waals surface area (Å²) in [6.45, 7) is 3.43. The summed E-state index contributed by atoms with van der Waals surface area (Å²) in [6.07, 6.45) is -0.293. The predicted molar refractivity (Wildman–Crippen MR) is 110 cm³/mol. The molecule has 6 nitrogen and oxygen atoms in total. The monoisotopic (exact) mass is 472 g/mol. The molecule has 0 aromatic heterocycles. The maximum Gasteiger partial charge on any atom is 0.303 e. The average molecular weight is 473 g/mol. The molecule has 9 atom stereocenters. The van der Waals surface area contributed by atoms with E-state index >= 15 is 8.78 Å². The van der Waals surface area contributed by atoms with Gasteiger partial charge in [0.1, 0.15) is 11.8 Å². The van der Waals surface area contributed by atoms with Crippen molar-refractivity contribution in [2.75, 3.05) is 6.61 Å². The highest BCUT2D eigenvalue weighted by Gasteiger charge is 2.77. The third-order valence-corrected chi connectivity index (χ3v) is 9.13. The maximum absolute atomic E-state index is 17.0. The van der Waals surface area contributed by atoms with Crippen LogP contribution in [0.4, 0.5) is 8.78 Å². The molecule has 0 spiro atoms. The van der Waals surface area contributed by atoms with E-state index in [1.807, 2.05) is 0 Å². The number of ketones is 2. The fraction of sp³-hybridized carbons (Fsp3) is 0.696. The quantitative estimate of drug-likeness (QED) is 0.483. The van der Waals surface area contributed by atoms with Crippen molar-refractivity contribution in [3.8, 4) is 0 Å². The number of carbonyl (C=O) groups is 3. The lowest BCUT2D eigenvalue weighted by molar-refractivity contribution is -0.222. The highest BCUT2D eigenvalue weighted by atomic mass is 35.5. The van der Waals surface area contributed by atoms with Crippen molar-refractivity contribution >= 4 is 29.1 Å². The van der Waals surface area contributed by atoms with Crippen LogP contribution < -0.4 is 0 Å². The molecule has 2 unspecified atom stereocenters. The van der Waals surface area contributed by atoms with Gasteiger partial charge in [-0.2, -0.15) is 0 Å². The summed E-state index contributed by atoms with van der Waals surface area (Å²) >= 11 is 6.47. The van der Waals surface area contributed by atoms with Crippen LogP contribution >= 0.6 is 11.6 Å². The summed E-state index contributed by atoms with van der Waals surface area (Å²) in [5.41, 5.74) is -7.47. The topological polar surface area (TPSA) is 101 Å². The van der Waals surface area contributed by atoms with E-state index in [1.54, 1.807) is 6.92 Å². The second-order valence-electron chi connectivity index (χ2n) is 10.0. The summed E-state index contributed by atoms with van der Waals surface area (Å²) in [4.78, 5) is 36.0. The number of alkyl halides is 3. The number of halogens is 3. The van der Waals surface area contributed by atoms with Crippen LogP contribution in [0.15, 0.2) is 23.8 Å². The normalized spacial score (nSPS) is 49.6. The Labute approximate surface area is 189 Å². The first kappa shape index (κ1) is 23.5. The Balaban J connectivity index is 1.79. The van der Waals surface area contributed by atoms with Crippen LogP contribution in [-0.2, 0) is 19.1 Å². The van der Waals surface area contributed by atoms with Crippen LogP contribution in [0.5, 0.6) is 0 Å². The number of ether oxygens (including phenoxy) is 1. The lowest BCUT2D eigenvalue weighted by Crippen LogP contribution is -2.70. The predicted octanol–water partition coefficient (Wildman–Crippen LogP) is 2.39. The first-order valence-corrected chi connectivity index (χ1v) is 11.2. The first-order valence-electron chi connectivity index (χ1n) is 10.7. The lowest BCUT2D eigenvalue weighted by atomic mass is 9.44. The summed E-state index contributed by atoms with van der Waals surface area (Å²) < 4.78 is 37.1. The Morgan fingerprint density at radius 3 is 2.56 bits per heavy atom. The van der Waals surface area contributed by atoms with Gasteiger partial charge in [-0.15, -0.1) is 11.6 Å². The van der Waals surface area contributed by atoms with E-state index in [-0.39, 0.29) is 24.8 Å². The highest BCUT2D eigenvalue weighted by Crippen LogP contribution is 2.70. The second-order valence-corrected chi connectivity index (χ2v) is 10.6. The van der Waals surface area contributed by atoms with Crippen LogP contribution in [0, 0.1) is 22.7 Å². The minimum atomic E-state index is -2.33. The maximum atomic E-state index is 17.0. The van der Waals surface area contributed by atoms with Crippen LogP contribution in [0.25, 0.3) is 0 Å². The number of hydrogen-bond acceptors (Lipinski definition) is 6.